The Bertz CT molecular complexity index is 1540. The number of rotatable bonds is 8. The number of hydrogen-bond donors (Lipinski definition) is 1. The molecule has 0 spiro atoms. The largest absolute Gasteiger partial charge is 0.334 e. The van der Waals surface area contributed by atoms with Crippen molar-refractivity contribution in [2.24, 2.45) is 0 Å². The van der Waals surface area contributed by atoms with Crippen LogP contribution in [0, 0.1) is 0 Å². The lowest BCUT2D eigenvalue weighted by molar-refractivity contribution is -0.115. The summed E-state index contributed by atoms with van der Waals surface area (Å²) in [7, 11) is -3.29. The Morgan fingerprint density at radius 1 is 1.11 bits per heavy atom. The van der Waals surface area contributed by atoms with Gasteiger partial charge < -0.3 is 9.84 Å². The molecule has 2 aromatic carbocycles. The molecule has 5 rings (SSSR count). The standard InChI is InChI=1S/C26H22Cl2N4O4S/c1-2-37(34,35)19-7-5-16(6-8-19)12-22(33)30-18-13-20(27)23(21(28)14-18)26(9-10-26)25-31-24(36-32-25)17-4-3-11-29-15-17/h3-8,11,13-15H,2,9-10,12H2,1H3,(H,30,33). The zero-order valence-electron chi connectivity index (χ0n) is 19.7. The van der Waals surface area contributed by atoms with Crippen molar-refractivity contribution in [3.63, 3.8) is 0 Å². The first kappa shape index (κ1) is 25.4. The van der Waals surface area contributed by atoms with Crippen LogP contribution in [0.15, 0.2) is 70.3 Å². The molecule has 1 N–H and O–H groups in total. The Hall–Kier alpha value is -3.27. The summed E-state index contributed by atoms with van der Waals surface area (Å²) in [5.41, 5.74) is 1.99. The molecule has 0 bridgehead atoms. The van der Waals surface area contributed by atoms with Crippen LogP contribution in [0.1, 0.15) is 36.7 Å². The second-order valence-electron chi connectivity index (χ2n) is 8.83. The van der Waals surface area contributed by atoms with Crippen LogP contribution in [0.4, 0.5) is 5.69 Å². The highest BCUT2D eigenvalue weighted by molar-refractivity contribution is 7.91. The second-order valence-corrected chi connectivity index (χ2v) is 11.9. The van der Waals surface area contributed by atoms with Crippen molar-refractivity contribution < 1.29 is 17.7 Å². The van der Waals surface area contributed by atoms with Gasteiger partial charge in [-0.15, -0.1) is 0 Å². The normalized spacial score (nSPS) is 14.4. The van der Waals surface area contributed by atoms with Gasteiger partial charge in [-0.25, -0.2) is 8.42 Å². The van der Waals surface area contributed by atoms with E-state index in [0.717, 1.165) is 12.8 Å². The highest BCUT2D eigenvalue weighted by atomic mass is 35.5. The van der Waals surface area contributed by atoms with Gasteiger partial charge in [-0.2, -0.15) is 4.98 Å². The molecule has 11 heteroatoms. The molecule has 1 aliphatic rings. The number of benzene rings is 2. The fraction of sp³-hybridized carbons (Fsp3) is 0.231. The van der Waals surface area contributed by atoms with Gasteiger partial charge in [0.25, 0.3) is 5.89 Å². The molecule has 1 fully saturated rings. The van der Waals surface area contributed by atoms with E-state index in [1.54, 1.807) is 49.6 Å². The van der Waals surface area contributed by atoms with Gasteiger partial charge in [0.15, 0.2) is 15.7 Å². The zero-order chi connectivity index (χ0) is 26.2. The number of halogens is 2. The van der Waals surface area contributed by atoms with E-state index in [1.807, 2.05) is 6.07 Å². The molecule has 1 saturated carbocycles. The monoisotopic (exact) mass is 556 g/mol. The van der Waals surface area contributed by atoms with Crippen LogP contribution >= 0.6 is 23.2 Å². The van der Waals surface area contributed by atoms with Crippen LogP contribution in [-0.4, -0.2) is 35.2 Å². The van der Waals surface area contributed by atoms with Crippen LogP contribution in [0.2, 0.25) is 10.0 Å². The average molecular weight is 557 g/mol. The summed E-state index contributed by atoms with van der Waals surface area (Å²) >= 11 is 13.3. The van der Waals surface area contributed by atoms with Gasteiger partial charge >= 0.3 is 0 Å². The van der Waals surface area contributed by atoms with Gasteiger partial charge in [-0.05, 0) is 54.8 Å². The molecule has 2 aromatic heterocycles. The third-order valence-electron chi connectivity index (χ3n) is 6.34. The SMILES string of the molecule is CCS(=O)(=O)c1ccc(CC(=O)Nc2cc(Cl)c(C3(c4noc(-c5cccnc5)n4)CC3)c(Cl)c2)cc1. The Morgan fingerprint density at radius 2 is 1.81 bits per heavy atom. The fourth-order valence-electron chi connectivity index (χ4n) is 4.21. The van der Waals surface area contributed by atoms with Crippen molar-refractivity contribution in [2.45, 2.75) is 36.5 Å². The van der Waals surface area contributed by atoms with Crippen molar-refractivity contribution in [2.75, 3.05) is 11.1 Å². The number of carbonyl (C=O) groups excluding carboxylic acids is 1. The molecule has 0 saturated heterocycles. The number of amides is 1. The van der Waals surface area contributed by atoms with E-state index >= 15 is 0 Å². The number of hydrogen-bond acceptors (Lipinski definition) is 7. The lowest BCUT2D eigenvalue weighted by atomic mass is 9.94. The number of aromatic nitrogens is 3. The molecular weight excluding hydrogens is 535 g/mol. The van der Waals surface area contributed by atoms with Crippen molar-refractivity contribution in [3.8, 4) is 11.5 Å². The molecule has 0 radical (unpaired) electrons. The number of pyridine rings is 1. The fourth-order valence-corrected chi connectivity index (χ4v) is 5.94. The Morgan fingerprint density at radius 3 is 2.41 bits per heavy atom. The first-order chi connectivity index (χ1) is 17.7. The highest BCUT2D eigenvalue weighted by Crippen LogP contribution is 2.57. The Balaban J connectivity index is 1.32. The van der Waals surface area contributed by atoms with Crippen LogP contribution in [0.3, 0.4) is 0 Å². The number of anilines is 1. The van der Waals surface area contributed by atoms with E-state index in [0.29, 0.717) is 44.1 Å². The number of nitrogens with zero attached hydrogens (tertiary/aromatic N) is 3. The molecular formula is C26H22Cl2N4O4S. The van der Waals surface area contributed by atoms with Gasteiger partial charge in [0, 0.05) is 33.7 Å². The molecule has 0 atom stereocenters. The average Bonchev–Trinajstić information content (AvgIpc) is 3.50. The van der Waals surface area contributed by atoms with Crippen LogP contribution in [0.5, 0.6) is 0 Å². The molecule has 190 valence electrons. The van der Waals surface area contributed by atoms with Gasteiger partial charge in [-0.3, -0.25) is 9.78 Å². The summed E-state index contributed by atoms with van der Waals surface area (Å²) in [5, 5.41) is 7.78. The van der Waals surface area contributed by atoms with Gasteiger partial charge in [0.05, 0.1) is 28.0 Å². The smallest absolute Gasteiger partial charge is 0.259 e. The van der Waals surface area contributed by atoms with Crippen molar-refractivity contribution in [1.29, 1.82) is 0 Å². The van der Waals surface area contributed by atoms with Crippen molar-refractivity contribution >= 4 is 44.6 Å². The first-order valence-corrected chi connectivity index (χ1v) is 14.0. The summed E-state index contributed by atoms with van der Waals surface area (Å²) < 4.78 is 29.4. The summed E-state index contributed by atoms with van der Waals surface area (Å²) in [4.78, 5) is 21.5. The summed E-state index contributed by atoms with van der Waals surface area (Å²) in [6, 6.07) is 13.2. The summed E-state index contributed by atoms with van der Waals surface area (Å²) in [6.07, 6.45) is 4.89. The number of sulfone groups is 1. The van der Waals surface area contributed by atoms with Crippen molar-refractivity contribution in [3.05, 3.63) is 87.9 Å². The molecule has 4 aromatic rings. The maximum atomic E-state index is 12.6. The topological polar surface area (TPSA) is 115 Å². The van der Waals surface area contributed by atoms with Crippen LogP contribution in [0.25, 0.3) is 11.5 Å². The zero-order valence-corrected chi connectivity index (χ0v) is 22.1. The lowest BCUT2D eigenvalue weighted by Crippen LogP contribution is -2.16. The van der Waals surface area contributed by atoms with E-state index in [2.05, 4.69) is 20.4 Å². The summed E-state index contributed by atoms with van der Waals surface area (Å²) in [5.74, 6) is 0.599. The maximum absolute atomic E-state index is 12.6. The highest BCUT2D eigenvalue weighted by Gasteiger charge is 2.52. The van der Waals surface area contributed by atoms with Gasteiger partial charge in [0.1, 0.15) is 0 Å². The third-order valence-corrected chi connectivity index (χ3v) is 8.69. The first-order valence-electron chi connectivity index (χ1n) is 11.6. The summed E-state index contributed by atoms with van der Waals surface area (Å²) in [6.45, 7) is 1.59. The lowest BCUT2D eigenvalue weighted by Gasteiger charge is -2.17. The second kappa shape index (κ2) is 9.89. The quantitative estimate of drug-likeness (QED) is 0.305. The Labute approximate surface area is 223 Å². The molecule has 8 nitrogen and oxygen atoms in total. The number of carbonyl (C=O) groups is 1. The molecule has 0 unspecified atom stereocenters. The van der Waals surface area contributed by atoms with Crippen molar-refractivity contribution in [1.82, 2.24) is 15.1 Å². The molecule has 0 aliphatic heterocycles. The molecule has 1 amide bonds. The molecule has 2 heterocycles. The van der Waals surface area contributed by atoms with E-state index in [-0.39, 0.29) is 23.0 Å². The Kier molecular flexibility index (Phi) is 6.78. The minimum Gasteiger partial charge on any atom is -0.334 e. The van der Waals surface area contributed by atoms with Gasteiger partial charge in [-0.1, -0.05) is 47.4 Å². The van der Waals surface area contributed by atoms with Crippen LogP contribution in [-0.2, 0) is 26.5 Å². The van der Waals surface area contributed by atoms with Gasteiger partial charge in [0.2, 0.25) is 5.91 Å². The van der Waals surface area contributed by atoms with E-state index in [1.165, 1.54) is 12.1 Å². The van der Waals surface area contributed by atoms with E-state index in [4.69, 9.17) is 27.7 Å². The number of nitrogens with one attached hydrogen (secondary N) is 1. The minimum absolute atomic E-state index is 0.0179. The maximum Gasteiger partial charge on any atom is 0.259 e. The minimum atomic E-state index is -3.29. The molecule has 37 heavy (non-hydrogen) atoms. The predicted octanol–water partition coefficient (Wildman–Crippen LogP) is 5.49. The molecule has 1 aliphatic carbocycles. The van der Waals surface area contributed by atoms with E-state index < -0.39 is 15.3 Å². The van der Waals surface area contributed by atoms with E-state index in [9.17, 15) is 13.2 Å². The predicted molar refractivity (Wildman–Crippen MR) is 141 cm³/mol. The third kappa shape index (κ3) is 5.12. The van der Waals surface area contributed by atoms with Crippen LogP contribution < -0.4 is 5.32 Å².